The molecule has 0 aliphatic rings. The Hall–Kier alpha value is -1.50. The molecule has 0 atom stereocenters. The molecule has 5 nitrogen and oxygen atoms in total. The van der Waals surface area contributed by atoms with Gasteiger partial charge < -0.3 is 5.73 Å². The zero-order valence-corrected chi connectivity index (χ0v) is 9.35. The van der Waals surface area contributed by atoms with Crippen molar-refractivity contribution in [1.82, 2.24) is 9.55 Å². The van der Waals surface area contributed by atoms with E-state index in [2.05, 4.69) is 0 Å². The third-order valence-electron chi connectivity index (χ3n) is 2.04. The zero-order chi connectivity index (χ0) is 12.1. The van der Waals surface area contributed by atoms with Crippen LogP contribution in [-0.4, -0.2) is 14.5 Å². The van der Waals surface area contributed by atoms with Crippen LogP contribution in [0.15, 0.2) is 15.8 Å². The van der Waals surface area contributed by atoms with Gasteiger partial charge in [0.1, 0.15) is 0 Å². The van der Waals surface area contributed by atoms with E-state index in [9.17, 15) is 14.0 Å². The summed E-state index contributed by atoms with van der Waals surface area (Å²) in [5, 5.41) is 0. The number of aryl methyl sites for hydroxylation is 1. The summed E-state index contributed by atoms with van der Waals surface area (Å²) in [6.07, 6.45) is 2.86. The highest BCUT2D eigenvalue weighted by Crippen LogP contribution is 1.97. The smallest absolute Gasteiger partial charge is 0.328 e. The fourth-order valence-electron chi connectivity index (χ4n) is 1.23. The lowest BCUT2D eigenvalue weighted by molar-refractivity contribution is 0.532. The van der Waals surface area contributed by atoms with E-state index in [1.54, 1.807) is 0 Å². The van der Waals surface area contributed by atoms with E-state index in [0.29, 0.717) is 24.4 Å². The zero-order valence-electron chi connectivity index (χ0n) is 8.53. The number of nitrogens with two attached hydrogens (primary N) is 1. The SMILES string of the molecule is NC(=S)CCCCn1cc(F)c(=O)[nH]c1=O. The number of hydrogen-bond acceptors (Lipinski definition) is 3. The lowest BCUT2D eigenvalue weighted by atomic mass is 10.2. The number of H-pyrrole nitrogens is 1. The van der Waals surface area contributed by atoms with Gasteiger partial charge in [0.2, 0.25) is 5.82 Å². The number of aromatic nitrogens is 2. The minimum Gasteiger partial charge on any atom is -0.393 e. The van der Waals surface area contributed by atoms with Gasteiger partial charge in [-0.2, -0.15) is 4.39 Å². The summed E-state index contributed by atoms with van der Waals surface area (Å²) < 4.78 is 14.0. The van der Waals surface area contributed by atoms with Crippen LogP contribution in [0, 0.1) is 5.82 Å². The van der Waals surface area contributed by atoms with E-state index in [4.69, 9.17) is 18.0 Å². The molecule has 0 saturated carbocycles. The van der Waals surface area contributed by atoms with E-state index in [0.717, 1.165) is 17.2 Å². The topological polar surface area (TPSA) is 80.9 Å². The predicted octanol–water partition coefficient (Wildman–Crippen LogP) is 0.132. The van der Waals surface area contributed by atoms with Crippen LogP contribution in [0.3, 0.4) is 0 Å². The molecule has 0 aromatic carbocycles. The summed E-state index contributed by atoms with van der Waals surface area (Å²) in [4.78, 5) is 24.2. The highest BCUT2D eigenvalue weighted by molar-refractivity contribution is 7.80. The van der Waals surface area contributed by atoms with Crippen molar-refractivity contribution in [3.63, 3.8) is 0 Å². The Morgan fingerprint density at radius 3 is 2.81 bits per heavy atom. The molecule has 7 heteroatoms. The van der Waals surface area contributed by atoms with Crippen molar-refractivity contribution >= 4 is 17.2 Å². The average Bonchev–Trinajstić information content (AvgIpc) is 2.19. The van der Waals surface area contributed by atoms with E-state index in [1.165, 1.54) is 0 Å². The minimum absolute atomic E-state index is 0.329. The molecule has 16 heavy (non-hydrogen) atoms. The first kappa shape index (κ1) is 12.6. The van der Waals surface area contributed by atoms with Crippen LogP contribution in [0.4, 0.5) is 4.39 Å². The van der Waals surface area contributed by atoms with Crippen LogP contribution in [0.2, 0.25) is 0 Å². The summed E-state index contributed by atoms with van der Waals surface area (Å²) >= 11 is 4.69. The van der Waals surface area contributed by atoms with E-state index in [1.807, 2.05) is 4.98 Å². The lowest BCUT2D eigenvalue weighted by Crippen LogP contribution is -2.31. The molecular formula is C9H12FN3O2S. The molecule has 0 radical (unpaired) electrons. The Balaban J connectivity index is 2.61. The van der Waals surface area contributed by atoms with E-state index >= 15 is 0 Å². The van der Waals surface area contributed by atoms with Gasteiger partial charge in [-0.1, -0.05) is 12.2 Å². The number of nitrogens with zero attached hydrogens (tertiary/aromatic N) is 1. The van der Waals surface area contributed by atoms with Crippen LogP contribution < -0.4 is 17.0 Å². The maximum Gasteiger partial charge on any atom is 0.328 e. The Kier molecular flexibility index (Phi) is 4.36. The first-order chi connectivity index (χ1) is 7.50. The van der Waals surface area contributed by atoms with Gasteiger partial charge >= 0.3 is 5.69 Å². The summed E-state index contributed by atoms with van der Waals surface area (Å²) in [5.41, 5.74) is 3.70. The Labute approximate surface area is 96.1 Å². The van der Waals surface area contributed by atoms with Crippen LogP contribution >= 0.6 is 12.2 Å². The number of hydrogen-bond donors (Lipinski definition) is 2. The van der Waals surface area contributed by atoms with Crippen LogP contribution in [-0.2, 0) is 6.54 Å². The normalized spacial score (nSPS) is 10.3. The highest BCUT2D eigenvalue weighted by Gasteiger charge is 2.03. The molecule has 0 aliphatic heterocycles. The molecular weight excluding hydrogens is 233 g/mol. The molecule has 0 bridgehead atoms. The largest absolute Gasteiger partial charge is 0.393 e. The van der Waals surface area contributed by atoms with Crippen molar-refractivity contribution in [1.29, 1.82) is 0 Å². The van der Waals surface area contributed by atoms with Gasteiger partial charge in [-0.25, -0.2) is 4.79 Å². The van der Waals surface area contributed by atoms with Crippen LogP contribution in [0.5, 0.6) is 0 Å². The van der Waals surface area contributed by atoms with Gasteiger partial charge in [0.15, 0.2) is 0 Å². The van der Waals surface area contributed by atoms with Gasteiger partial charge in [-0.05, 0) is 19.3 Å². The maximum absolute atomic E-state index is 12.9. The molecule has 1 heterocycles. The quantitative estimate of drug-likeness (QED) is 0.571. The molecule has 1 aromatic heterocycles. The van der Waals surface area contributed by atoms with Crippen molar-refractivity contribution in [2.24, 2.45) is 5.73 Å². The van der Waals surface area contributed by atoms with Crippen molar-refractivity contribution in [2.45, 2.75) is 25.8 Å². The molecule has 1 rings (SSSR count). The number of rotatable bonds is 5. The van der Waals surface area contributed by atoms with E-state index in [-0.39, 0.29) is 0 Å². The van der Waals surface area contributed by atoms with Gasteiger partial charge in [-0.15, -0.1) is 0 Å². The molecule has 0 unspecified atom stereocenters. The van der Waals surface area contributed by atoms with Crippen molar-refractivity contribution in [3.05, 3.63) is 32.9 Å². The molecule has 0 spiro atoms. The molecule has 0 aliphatic carbocycles. The maximum atomic E-state index is 12.9. The third kappa shape index (κ3) is 3.58. The fourth-order valence-corrected chi connectivity index (χ4v) is 1.37. The van der Waals surface area contributed by atoms with Gasteiger partial charge in [0.05, 0.1) is 11.2 Å². The minimum atomic E-state index is -0.996. The summed E-state index contributed by atoms with van der Waals surface area (Å²) in [5.74, 6) is -0.964. The van der Waals surface area contributed by atoms with Crippen molar-refractivity contribution in [2.75, 3.05) is 0 Å². The van der Waals surface area contributed by atoms with Gasteiger partial charge in [0, 0.05) is 6.54 Å². The first-order valence-corrected chi connectivity index (χ1v) is 5.19. The predicted molar refractivity (Wildman–Crippen MR) is 61.9 cm³/mol. The van der Waals surface area contributed by atoms with Gasteiger partial charge in [0.25, 0.3) is 5.56 Å². The Bertz CT molecular complexity index is 494. The molecule has 3 N–H and O–H groups in total. The number of nitrogens with one attached hydrogen (secondary N) is 1. The second kappa shape index (κ2) is 5.55. The number of thiocarbonyl (C=S) groups is 1. The first-order valence-electron chi connectivity index (χ1n) is 4.78. The van der Waals surface area contributed by atoms with Crippen molar-refractivity contribution < 1.29 is 4.39 Å². The molecule has 88 valence electrons. The second-order valence-corrected chi connectivity index (χ2v) is 3.88. The molecule has 0 fully saturated rings. The average molecular weight is 245 g/mol. The standard InChI is InChI=1S/C9H12FN3O2S/c10-6-5-13(9(15)12-8(6)14)4-2-1-3-7(11)16/h5H,1-4H2,(H2,11,16)(H,12,14,15). The Morgan fingerprint density at radius 1 is 1.50 bits per heavy atom. The van der Waals surface area contributed by atoms with Crippen molar-refractivity contribution in [3.8, 4) is 0 Å². The molecule has 0 saturated heterocycles. The lowest BCUT2D eigenvalue weighted by Gasteiger charge is -2.04. The summed E-state index contributed by atoms with van der Waals surface area (Å²) in [6.45, 7) is 0.329. The summed E-state index contributed by atoms with van der Waals surface area (Å²) in [7, 11) is 0. The Morgan fingerprint density at radius 2 is 2.19 bits per heavy atom. The number of unbranched alkanes of at least 4 members (excludes halogenated alkanes) is 1. The summed E-state index contributed by atoms with van der Waals surface area (Å²) in [6, 6.07) is 0. The fraction of sp³-hybridized carbons (Fsp3) is 0.444. The number of aromatic amines is 1. The third-order valence-corrected chi connectivity index (χ3v) is 2.24. The van der Waals surface area contributed by atoms with Gasteiger partial charge in [-0.3, -0.25) is 14.3 Å². The molecule has 1 aromatic rings. The molecule has 0 amide bonds. The van der Waals surface area contributed by atoms with E-state index < -0.39 is 17.1 Å². The van der Waals surface area contributed by atoms with Crippen LogP contribution in [0.1, 0.15) is 19.3 Å². The number of halogens is 1. The monoisotopic (exact) mass is 245 g/mol. The van der Waals surface area contributed by atoms with Crippen LogP contribution in [0.25, 0.3) is 0 Å². The second-order valence-electron chi connectivity index (χ2n) is 3.35. The highest BCUT2D eigenvalue weighted by atomic mass is 32.1.